The Kier molecular flexibility index (Phi) is 7.88. The minimum absolute atomic E-state index is 0.0174. The van der Waals surface area contributed by atoms with Gasteiger partial charge >= 0.3 is 6.61 Å². The van der Waals surface area contributed by atoms with Crippen molar-refractivity contribution in [1.82, 2.24) is 9.21 Å². The van der Waals surface area contributed by atoms with Gasteiger partial charge in [-0.25, -0.2) is 12.7 Å². The number of hydrogen-bond acceptors (Lipinski definition) is 5. The Morgan fingerprint density at radius 1 is 1.13 bits per heavy atom. The average Bonchev–Trinajstić information content (AvgIpc) is 2.62. The average molecular weight is 442 g/mol. The minimum atomic E-state index is -3.64. The molecule has 0 atom stereocenters. The molecule has 10 heteroatoms. The molecule has 2 aromatic rings. The fourth-order valence-electron chi connectivity index (χ4n) is 2.79. The van der Waals surface area contributed by atoms with Crippen LogP contribution >= 0.6 is 0 Å². The van der Waals surface area contributed by atoms with Crippen LogP contribution in [0.2, 0.25) is 0 Å². The van der Waals surface area contributed by atoms with E-state index in [0.29, 0.717) is 23.4 Å². The summed E-state index contributed by atoms with van der Waals surface area (Å²) in [4.78, 5) is 14.2. The molecule has 0 saturated heterocycles. The number of likely N-dealkylation sites (N-methyl/N-ethyl adjacent to an activating group) is 1. The van der Waals surface area contributed by atoms with Crippen LogP contribution in [-0.2, 0) is 21.4 Å². The molecular weight excluding hydrogens is 416 g/mol. The molecule has 0 unspecified atom stereocenters. The smallest absolute Gasteiger partial charge is 0.387 e. The first-order valence-corrected chi connectivity index (χ1v) is 10.5. The Morgan fingerprint density at radius 2 is 1.83 bits per heavy atom. The van der Waals surface area contributed by atoms with E-state index >= 15 is 0 Å². The summed E-state index contributed by atoms with van der Waals surface area (Å²) in [5, 5.41) is 2.69. The predicted octanol–water partition coefficient (Wildman–Crippen LogP) is 2.92. The van der Waals surface area contributed by atoms with Crippen molar-refractivity contribution in [2.75, 3.05) is 33.0 Å². The molecule has 0 aliphatic carbocycles. The molecule has 0 aliphatic heterocycles. The summed E-state index contributed by atoms with van der Waals surface area (Å²) in [6.07, 6.45) is 0. The third kappa shape index (κ3) is 6.48. The van der Waals surface area contributed by atoms with Crippen LogP contribution in [0.25, 0.3) is 0 Å². The highest BCUT2D eigenvalue weighted by Gasteiger charge is 2.20. The molecule has 1 amide bonds. The van der Waals surface area contributed by atoms with Gasteiger partial charge < -0.3 is 10.1 Å². The summed E-state index contributed by atoms with van der Waals surface area (Å²) >= 11 is 0. The summed E-state index contributed by atoms with van der Waals surface area (Å²) in [5.74, 6) is -0.288. The maximum atomic E-state index is 12.4. The summed E-state index contributed by atoms with van der Waals surface area (Å²) in [6.45, 7) is -0.868. The molecular formula is C20H25F2N3O4S. The molecule has 0 aliphatic rings. The molecule has 7 nitrogen and oxygen atoms in total. The van der Waals surface area contributed by atoms with E-state index in [2.05, 4.69) is 10.1 Å². The molecule has 30 heavy (non-hydrogen) atoms. The summed E-state index contributed by atoms with van der Waals surface area (Å²) in [7, 11) is 0.951. The molecule has 0 saturated carbocycles. The van der Waals surface area contributed by atoms with Crippen LogP contribution in [0.4, 0.5) is 14.5 Å². The summed E-state index contributed by atoms with van der Waals surface area (Å²) in [6, 6.07) is 10.9. The summed E-state index contributed by atoms with van der Waals surface area (Å²) < 4.78 is 55.0. The van der Waals surface area contributed by atoms with Gasteiger partial charge in [-0.3, -0.25) is 9.69 Å². The molecule has 0 heterocycles. The molecule has 0 radical (unpaired) electrons. The maximum Gasteiger partial charge on any atom is 0.387 e. The molecule has 0 fully saturated rings. The Morgan fingerprint density at radius 3 is 2.47 bits per heavy atom. The highest BCUT2D eigenvalue weighted by atomic mass is 32.2. The van der Waals surface area contributed by atoms with E-state index < -0.39 is 16.6 Å². The molecule has 0 spiro atoms. The normalized spacial score (nSPS) is 11.9. The molecule has 2 aromatic carbocycles. The number of halogens is 2. The van der Waals surface area contributed by atoms with Gasteiger partial charge in [0.05, 0.1) is 11.4 Å². The van der Waals surface area contributed by atoms with Gasteiger partial charge in [-0.2, -0.15) is 8.78 Å². The Hall–Kier alpha value is -2.56. The second-order valence-electron chi connectivity index (χ2n) is 7.01. The largest absolute Gasteiger partial charge is 0.435 e. The standard InChI is InChI=1S/C20H25F2N3O4S/c1-14-8-9-16(11-18(14)30(27,28)24(2)3)23-19(26)13-25(4)12-15-6-5-7-17(10-15)29-20(21)22/h5-11,20H,12-13H2,1-4H3,(H,23,26). The zero-order chi connectivity index (χ0) is 22.5. The lowest BCUT2D eigenvalue weighted by Gasteiger charge is -2.18. The first-order valence-electron chi connectivity index (χ1n) is 9.04. The maximum absolute atomic E-state index is 12.4. The number of rotatable bonds is 9. The minimum Gasteiger partial charge on any atom is -0.435 e. The van der Waals surface area contributed by atoms with E-state index in [1.54, 1.807) is 43.1 Å². The van der Waals surface area contributed by atoms with Gasteiger partial charge in [0.1, 0.15) is 5.75 Å². The number of sulfonamides is 1. The van der Waals surface area contributed by atoms with Gasteiger partial charge in [0.15, 0.2) is 0 Å². The van der Waals surface area contributed by atoms with Gasteiger partial charge in [-0.05, 0) is 49.4 Å². The quantitative estimate of drug-likeness (QED) is 0.647. The van der Waals surface area contributed by atoms with E-state index in [1.165, 1.54) is 32.3 Å². The molecule has 1 N–H and O–H groups in total. The van der Waals surface area contributed by atoms with Crippen molar-refractivity contribution in [2.45, 2.75) is 25.0 Å². The molecule has 164 valence electrons. The van der Waals surface area contributed by atoms with Crippen LogP contribution < -0.4 is 10.1 Å². The number of alkyl halides is 2. The van der Waals surface area contributed by atoms with Gasteiger partial charge in [-0.1, -0.05) is 18.2 Å². The van der Waals surface area contributed by atoms with Crippen LogP contribution in [0.1, 0.15) is 11.1 Å². The van der Waals surface area contributed by atoms with Crippen molar-refractivity contribution in [3.05, 3.63) is 53.6 Å². The lowest BCUT2D eigenvalue weighted by molar-refractivity contribution is -0.117. The van der Waals surface area contributed by atoms with Crippen molar-refractivity contribution in [3.8, 4) is 5.75 Å². The number of anilines is 1. The van der Waals surface area contributed by atoms with Crippen molar-refractivity contribution in [1.29, 1.82) is 0 Å². The lowest BCUT2D eigenvalue weighted by atomic mass is 10.2. The number of aryl methyl sites for hydroxylation is 1. The van der Waals surface area contributed by atoms with E-state index in [9.17, 15) is 22.0 Å². The fourth-order valence-corrected chi connectivity index (χ4v) is 3.93. The molecule has 0 aromatic heterocycles. The third-order valence-corrected chi connectivity index (χ3v) is 6.18. The molecule has 0 bridgehead atoms. The van der Waals surface area contributed by atoms with E-state index in [4.69, 9.17) is 0 Å². The number of nitrogens with one attached hydrogen (secondary N) is 1. The zero-order valence-electron chi connectivity index (χ0n) is 17.2. The number of carbonyl (C=O) groups excluding carboxylic acids is 1. The van der Waals surface area contributed by atoms with Crippen LogP contribution in [-0.4, -0.2) is 57.8 Å². The highest BCUT2D eigenvalue weighted by molar-refractivity contribution is 7.89. The van der Waals surface area contributed by atoms with Crippen LogP contribution in [0.15, 0.2) is 47.4 Å². The van der Waals surface area contributed by atoms with Crippen molar-refractivity contribution < 1.29 is 26.7 Å². The van der Waals surface area contributed by atoms with E-state index in [1.807, 2.05) is 0 Å². The number of nitrogens with zero attached hydrogens (tertiary/aromatic N) is 2. The van der Waals surface area contributed by atoms with Gasteiger partial charge in [0.2, 0.25) is 15.9 Å². The van der Waals surface area contributed by atoms with E-state index in [-0.39, 0.29) is 23.1 Å². The Bertz CT molecular complexity index is 997. The van der Waals surface area contributed by atoms with Crippen LogP contribution in [0.5, 0.6) is 5.75 Å². The van der Waals surface area contributed by atoms with Crippen molar-refractivity contribution in [3.63, 3.8) is 0 Å². The number of carbonyl (C=O) groups is 1. The number of amides is 1. The third-order valence-electron chi connectivity index (χ3n) is 4.22. The van der Waals surface area contributed by atoms with Gasteiger partial charge in [0.25, 0.3) is 0 Å². The van der Waals surface area contributed by atoms with Gasteiger partial charge in [0, 0.05) is 26.3 Å². The number of ether oxygens (including phenoxy) is 1. The first-order chi connectivity index (χ1) is 14.0. The Balaban J connectivity index is 2.02. The van der Waals surface area contributed by atoms with Gasteiger partial charge in [-0.15, -0.1) is 0 Å². The number of benzene rings is 2. The number of hydrogen-bond donors (Lipinski definition) is 1. The van der Waals surface area contributed by atoms with Crippen LogP contribution in [0, 0.1) is 6.92 Å². The first kappa shape index (κ1) is 23.7. The lowest BCUT2D eigenvalue weighted by Crippen LogP contribution is -2.30. The Labute approximate surface area is 175 Å². The zero-order valence-corrected chi connectivity index (χ0v) is 18.0. The highest BCUT2D eigenvalue weighted by Crippen LogP contribution is 2.22. The van der Waals surface area contributed by atoms with Crippen LogP contribution in [0.3, 0.4) is 0 Å². The molecule has 2 rings (SSSR count). The second-order valence-corrected chi connectivity index (χ2v) is 9.13. The summed E-state index contributed by atoms with van der Waals surface area (Å²) in [5.41, 5.74) is 1.65. The predicted molar refractivity (Wildman–Crippen MR) is 110 cm³/mol. The second kappa shape index (κ2) is 9.96. The monoisotopic (exact) mass is 441 g/mol. The van der Waals surface area contributed by atoms with E-state index in [0.717, 1.165) is 4.31 Å². The fraction of sp³-hybridized carbons (Fsp3) is 0.350. The van der Waals surface area contributed by atoms with Crippen molar-refractivity contribution in [2.24, 2.45) is 0 Å². The SMILES string of the molecule is Cc1ccc(NC(=O)CN(C)Cc2cccc(OC(F)F)c2)cc1S(=O)(=O)N(C)C. The van der Waals surface area contributed by atoms with Crippen molar-refractivity contribution >= 4 is 21.6 Å². The topological polar surface area (TPSA) is 79.0 Å².